The zero-order chi connectivity index (χ0) is 18.3. The summed E-state index contributed by atoms with van der Waals surface area (Å²) in [6.07, 6.45) is 10.1. The molecule has 0 aliphatic heterocycles. The Balaban J connectivity index is 1.69. The topological polar surface area (TPSA) is 88.1 Å². The molecular weight excluding hydrogens is 332 g/mol. The van der Waals surface area contributed by atoms with Crippen molar-refractivity contribution < 1.29 is 4.79 Å². The van der Waals surface area contributed by atoms with Crippen LogP contribution in [0.2, 0.25) is 0 Å². The van der Waals surface area contributed by atoms with Gasteiger partial charge in [-0.25, -0.2) is 9.78 Å². The molecular formula is C19H24N4O3. The quantitative estimate of drug-likeness (QED) is 0.854. The smallest absolute Gasteiger partial charge is 0.330 e. The molecule has 1 amide bonds. The van der Waals surface area contributed by atoms with Crippen molar-refractivity contribution in [3.63, 3.8) is 0 Å². The Bertz CT molecular complexity index is 949. The first-order valence-corrected chi connectivity index (χ1v) is 9.48. The molecule has 26 heavy (non-hydrogen) atoms. The van der Waals surface area contributed by atoms with E-state index < -0.39 is 11.2 Å². The summed E-state index contributed by atoms with van der Waals surface area (Å²) in [6.45, 7) is 0. The van der Waals surface area contributed by atoms with Crippen molar-refractivity contribution in [3.8, 4) is 0 Å². The number of pyridine rings is 1. The first-order valence-electron chi connectivity index (χ1n) is 9.48. The molecule has 2 aromatic heterocycles. The summed E-state index contributed by atoms with van der Waals surface area (Å²) >= 11 is 0. The van der Waals surface area contributed by atoms with Crippen molar-refractivity contribution in [1.82, 2.24) is 19.4 Å². The predicted octanol–water partition coefficient (Wildman–Crippen LogP) is 2.21. The van der Waals surface area contributed by atoms with Gasteiger partial charge in [-0.3, -0.25) is 19.1 Å². The Morgan fingerprint density at radius 2 is 1.85 bits per heavy atom. The number of carbonyl (C=O) groups excluding carboxylic acids is 1. The molecule has 138 valence electrons. The fourth-order valence-electron chi connectivity index (χ4n) is 3.94. The summed E-state index contributed by atoms with van der Waals surface area (Å²) in [5.41, 5.74) is -0.140. The lowest BCUT2D eigenvalue weighted by Crippen LogP contribution is -2.37. The number of nitrogens with zero attached hydrogens (tertiary/aromatic N) is 3. The second kappa shape index (κ2) is 6.70. The molecule has 4 rings (SSSR count). The Morgan fingerprint density at radius 1 is 1.15 bits per heavy atom. The van der Waals surface area contributed by atoms with Crippen molar-refractivity contribution in [2.75, 3.05) is 7.05 Å². The highest BCUT2D eigenvalue weighted by molar-refractivity contribution is 5.96. The second-order valence-corrected chi connectivity index (χ2v) is 7.52. The number of H-pyrrole nitrogens is 1. The van der Waals surface area contributed by atoms with E-state index in [1.54, 1.807) is 15.5 Å². The number of amides is 1. The largest absolute Gasteiger partial charge is 0.339 e. The van der Waals surface area contributed by atoms with Gasteiger partial charge in [0.1, 0.15) is 5.65 Å². The van der Waals surface area contributed by atoms with Crippen LogP contribution in [0.3, 0.4) is 0 Å². The number of rotatable bonds is 3. The van der Waals surface area contributed by atoms with Crippen LogP contribution in [0.5, 0.6) is 0 Å². The lowest BCUT2D eigenvalue weighted by atomic mass is 10.1. The Morgan fingerprint density at radius 3 is 2.50 bits per heavy atom. The third-order valence-corrected chi connectivity index (χ3v) is 5.63. The maximum atomic E-state index is 12.9. The van der Waals surface area contributed by atoms with E-state index in [1.165, 1.54) is 19.0 Å². The van der Waals surface area contributed by atoms with Crippen LogP contribution in [-0.2, 0) is 0 Å². The standard InChI is InChI=1S/C19H24N4O3/c1-22(13-6-4-2-3-5-7-13)18(25)12-10-15-16(20-11-12)23(14-8-9-14)19(26)21-17(15)24/h10-11,13-14H,2-9H2,1H3,(H,21,24,26). The van der Waals surface area contributed by atoms with E-state index in [9.17, 15) is 14.4 Å². The van der Waals surface area contributed by atoms with E-state index in [4.69, 9.17) is 0 Å². The van der Waals surface area contributed by atoms with Gasteiger partial charge < -0.3 is 4.90 Å². The van der Waals surface area contributed by atoms with E-state index >= 15 is 0 Å². The summed E-state index contributed by atoms with van der Waals surface area (Å²) in [4.78, 5) is 45.7. The van der Waals surface area contributed by atoms with Gasteiger partial charge in [0, 0.05) is 25.3 Å². The number of hydrogen-bond acceptors (Lipinski definition) is 4. The molecule has 0 spiro atoms. The van der Waals surface area contributed by atoms with Gasteiger partial charge in [-0.2, -0.15) is 0 Å². The molecule has 0 bridgehead atoms. The summed E-state index contributed by atoms with van der Waals surface area (Å²) in [6, 6.07) is 1.92. The van der Waals surface area contributed by atoms with Gasteiger partial charge >= 0.3 is 5.69 Å². The second-order valence-electron chi connectivity index (χ2n) is 7.52. The minimum Gasteiger partial charge on any atom is -0.339 e. The molecule has 2 aromatic rings. The lowest BCUT2D eigenvalue weighted by Gasteiger charge is -2.27. The summed E-state index contributed by atoms with van der Waals surface area (Å²) < 4.78 is 1.54. The van der Waals surface area contributed by atoms with Crippen molar-refractivity contribution in [2.24, 2.45) is 0 Å². The van der Waals surface area contributed by atoms with Crippen molar-refractivity contribution in [1.29, 1.82) is 0 Å². The molecule has 0 atom stereocenters. The highest BCUT2D eigenvalue weighted by Gasteiger charge is 2.28. The summed E-state index contributed by atoms with van der Waals surface area (Å²) in [7, 11) is 1.83. The normalized spacial score (nSPS) is 18.7. The Kier molecular flexibility index (Phi) is 4.38. The van der Waals surface area contributed by atoms with Crippen molar-refractivity contribution >= 4 is 16.9 Å². The van der Waals surface area contributed by atoms with E-state index in [2.05, 4.69) is 9.97 Å². The SMILES string of the molecule is CN(C(=O)c1cnc2c(c1)c(=O)[nH]c(=O)n2C1CC1)C1CCCCCC1. The van der Waals surface area contributed by atoms with E-state index in [1.807, 2.05) is 7.05 Å². The molecule has 2 aliphatic carbocycles. The van der Waals surface area contributed by atoms with Crippen LogP contribution in [0.1, 0.15) is 67.8 Å². The van der Waals surface area contributed by atoms with Crippen LogP contribution >= 0.6 is 0 Å². The number of aromatic amines is 1. The van der Waals surface area contributed by atoms with Crippen LogP contribution in [0.25, 0.3) is 11.0 Å². The predicted molar refractivity (Wildman–Crippen MR) is 98.5 cm³/mol. The summed E-state index contributed by atoms with van der Waals surface area (Å²) in [5, 5.41) is 0.302. The first-order chi connectivity index (χ1) is 12.6. The monoisotopic (exact) mass is 356 g/mol. The van der Waals surface area contributed by atoms with Gasteiger partial charge in [-0.1, -0.05) is 25.7 Å². The average Bonchev–Trinajstić information content (AvgIpc) is 3.47. The molecule has 1 N–H and O–H groups in total. The third kappa shape index (κ3) is 3.06. The van der Waals surface area contributed by atoms with Crippen LogP contribution in [0.15, 0.2) is 21.9 Å². The molecule has 0 saturated heterocycles. The van der Waals surface area contributed by atoms with Gasteiger partial charge in [0.05, 0.1) is 10.9 Å². The van der Waals surface area contributed by atoms with Gasteiger partial charge in [0.15, 0.2) is 0 Å². The number of carbonyl (C=O) groups is 1. The van der Waals surface area contributed by atoms with E-state index in [-0.39, 0.29) is 18.0 Å². The molecule has 0 aromatic carbocycles. The maximum absolute atomic E-state index is 12.9. The highest BCUT2D eigenvalue weighted by atomic mass is 16.2. The fraction of sp³-hybridized carbons (Fsp3) is 0.579. The average molecular weight is 356 g/mol. The maximum Gasteiger partial charge on any atom is 0.330 e. The molecule has 7 heteroatoms. The molecule has 2 saturated carbocycles. The van der Waals surface area contributed by atoms with Gasteiger partial charge in [0.25, 0.3) is 11.5 Å². The van der Waals surface area contributed by atoms with Gasteiger partial charge in [-0.05, 0) is 31.7 Å². The van der Waals surface area contributed by atoms with Crippen LogP contribution in [0, 0.1) is 0 Å². The molecule has 0 unspecified atom stereocenters. The van der Waals surface area contributed by atoms with Crippen LogP contribution < -0.4 is 11.2 Å². The number of hydrogen-bond donors (Lipinski definition) is 1. The van der Waals surface area contributed by atoms with Gasteiger partial charge in [-0.15, -0.1) is 0 Å². The van der Waals surface area contributed by atoms with E-state index in [0.29, 0.717) is 16.6 Å². The van der Waals surface area contributed by atoms with Crippen molar-refractivity contribution in [3.05, 3.63) is 38.7 Å². The van der Waals surface area contributed by atoms with Crippen LogP contribution in [0.4, 0.5) is 0 Å². The minimum absolute atomic E-state index is 0.101. The number of aromatic nitrogens is 3. The van der Waals surface area contributed by atoms with Crippen molar-refractivity contribution in [2.45, 2.75) is 63.5 Å². The lowest BCUT2D eigenvalue weighted by molar-refractivity contribution is 0.0717. The molecule has 7 nitrogen and oxygen atoms in total. The molecule has 2 heterocycles. The fourth-order valence-corrected chi connectivity index (χ4v) is 3.94. The number of fused-ring (bicyclic) bond motifs is 1. The van der Waals surface area contributed by atoms with E-state index in [0.717, 1.165) is 38.5 Å². The molecule has 2 aliphatic rings. The summed E-state index contributed by atoms with van der Waals surface area (Å²) in [5.74, 6) is -0.116. The molecule has 0 radical (unpaired) electrons. The Hall–Kier alpha value is -2.44. The molecule has 2 fully saturated rings. The highest BCUT2D eigenvalue weighted by Crippen LogP contribution is 2.34. The number of nitrogens with one attached hydrogen (secondary N) is 1. The van der Waals surface area contributed by atoms with Gasteiger partial charge in [0.2, 0.25) is 0 Å². The van der Waals surface area contributed by atoms with Crippen LogP contribution in [-0.4, -0.2) is 38.4 Å². The Labute approximate surface area is 151 Å². The zero-order valence-corrected chi connectivity index (χ0v) is 15.0. The third-order valence-electron chi connectivity index (χ3n) is 5.63. The minimum atomic E-state index is -0.485. The zero-order valence-electron chi connectivity index (χ0n) is 15.0. The first kappa shape index (κ1) is 17.0.